The molecule has 2 nitrogen and oxygen atoms in total. The van der Waals surface area contributed by atoms with Gasteiger partial charge in [-0.05, 0) is 13.8 Å². The van der Waals surface area contributed by atoms with Gasteiger partial charge in [-0.1, -0.05) is 0 Å². The molecule has 0 saturated carbocycles. The predicted octanol–water partition coefficient (Wildman–Crippen LogP) is 1.83. The molecule has 0 N–H and O–H groups in total. The zero-order chi connectivity index (χ0) is 7.11. The molecule has 0 aromatic carbocycles. The van der Waals surface area contributed by atoms with Crippen molar-refractivity contribution in [2.45, 2.75) is 13.8 Å². The monoisotopic (exact) mass is 134 g/mol. The fourth-order valence-corrected chi connectivity index (χ4v) is 0.389. The van der Waals surface area contributed by atoms with Crippen molar-refractivity contribution in [1.29, 1.82) is 0 Å². The van der Waals surface area contributed by atoms with E-state index in [0.29, 0.717) is 19.5 Å². The fourth-order valence-electron chi connectivity index (χ4n) is 0.389. The van der Waals surface area contributed by atoms with Crippen LogP contribution in [0.5, 0.6) is 0 Å². The quantitative estimate of drug-likeness (QED) is 0.546. The summed E-state index contributed by atoms with van der Waals surface area (Å²) < 4.78 is 21.0. The van der Waals surface area contributed by atoms with Gasteiger partial charge in [0.25, 0.3) is 0 Å². The highest BCUT2D eigenvalue weighted by molar-refractivity contribution is 4.72. The van der Waals surface area contributed by atoms with Gasteiger partial charge in [-0.15, -0.1) is 0 Å². The zero-order valence-electron chi connectivity index (χ0n) is 5.69. The summed E-state index contributed by atoms with van der Waals surface area (Å²) in [6.45, 7) is 4.39. The van der Waals surface area contributed by atoms with Crippen molar-refractivity contribution in [3.63, 3.8) is 0 Å². The molecule has 0 atom stereocenters. The first-order valence-corrected chi connectivity index (χ1v) is 2.91. The molecule has 0 fully saturated rings. The largest absolute Gasteiger partial charge is 0.464 e. The predicted molar refractivity (Wildman–Crippen MR) is 32.4 cm³/mol. The second-order valence-electron chi connectivity index (χ2n) is 1.29. The second-order valence-corrected chi connectivity index (χ2v) is 1.29. The molecule has 0 aliphatic heterocycles. The van der Waals surface area contributed by atoms with Gasteiger partial charge in [0.15, 0.2) is 6.33 Å². The molecule has 0 saturated heterocycles. The van der Waals surface area contributed by atoms with Crippen LogP contribution in [0.15, 0.2) is 12.3 Å². The average molecular weight is 134 g/mol. The van der Waals surface area contributed by atoms with Crippen LogP contribution in [0, 0.1) is 0 Å². The van der Waals surface area contributed by atoms with Crippen molar-refractivity contribution >= 4 is 0 Å². The number of hydrogen-bond donors (Lipinski definition) is 0. The van der Waals surface area contributed by atoms with E-state index in [9.17, 15) is 4.39 Å². The third kappa shape index (κ3) is 3.82. The summed E-state index contributed by atoms with van der Waals surface area (Å²) in [6, 6.07) is 0. The maximum atomic E-state index is 11.6. The lowest BCUT2D eigenvalue weighted by Crippen LogP contribution is -1.95. The first-order valence-electron chi connectivity index (χ1n) is 2.91. The molecule has 0 aliphatic rings. The Labute approximate surface area is 54.3 Å². The minimum atomic E-state index is -0.0417. The van der Waals surface area contributed by atoms with Crippen LogP contribution in [0.4, 0.5) is 4.39 Å². The highest BCUT2D eigenvalue weighted by atomic mass is 19.1. The summed E-state index contributed by atoms with van der Waals surface area (Å²) in [6.07, 6.45) is 0.312. The summed E-state index contributed by atoms with van der Waals surface area (Å²) >= 11 is 0. The normalized spacial score (nSPS) is 8.33. The molecule has 0 spiro atoms. The Hall–Kier alpha value is -0.730. The van der Waals surface area contributed by atoms with Crippen LogP contribution in [0.1, 0.15) is 13.8 Å². The van der Waals surface area contributed by atoms with Crippen LogP contribution in [0.25, 0.3) is 0 Å². The first kappa shape index (κ1) is 8.27. The number of hydrogen-bond acceptors (Lipinski definition) is 2. The van der Waals surface area contributed by atoms with Gasteiger partial charge in [0.1, 0.15) is 0 Å². The third-order valence-electron chi connectivity index (χ3n) is 0.662. The Morgan fingerprint density at radius 3 is 2.00 bits per heavy atom. The SMILES string of the molecule is CCOC(=CF)OCC. The van der Waals surface area contributed by atoms with E-state index in [2.05, 4.69) is 0 Å². The molecule has 0 bridgehead atoms. The maximum Gasteiger partial charge on any atom is 0.308 e. The first-order chi connectivity index (χ1) is 4.35. The topological polar surface area (TPSA) is 18.5 Å². The molecule has 54 valence electrons. The standard InChI is InChI=1S/C6H11FO2/c1-3-8-6(5-7)9-4-2/h5H,3-4H2,1-2H3. The van der Waals surface area contributed by atoms with E-state index in [0.717, 1.165) is 0 Å². The molecule has 0 unspecified atom stereocenters. The van der Waals surface area contributed by atoms with Crippen LogP contribution < -0.4 is 0 Å². The lowest BCUT2D eigenvalue weighted by Gasteiger charge is -2.05. The molecular formula is C6H11FO2. The van der Waals surface area contributed by atoms with Crippen molar-refractivity contribution in [3.8, 4) is 0 Å². The van der Waals surface area contributed by atoms with Crippen LogP contribution >= 0.6 is 0 Å². The molecule has 0 radical (unpaired) electrons. The van der Waals surface area contributed by atoms with E-state index < -0.39 is 0 Å². The van der Waals surface area contributed by atoms with Crippen molar-refractivity contribution in [2.24, 2.45) is 0 Å². The van der Waals surface area contributed by atoms with Crippen molar-refractivity contribution in [1.82, 2.24) is 0 Å². The van der Waals surface area contributed by atoms with E-state index in [-0.39, 0.29) is 5.95 Å². The van der Waals surface area contributed by atoms with E-state index in [1.807, 2.05) is 0 Å². The van der Waals surface area contributed by atoms with Gasteiger partial charge >= 0.3 is 5.95 Å². The van der Waals surface area contributed by atoms with E-state index in [4.69, 9.17) is 9.47 Å². The Balaban J connectivity index is 3.43. The molecule has 9 heavy (non-hydrogen) atoms. The molecule has 0 rings (SSSR count). The van der Waals surface area contributed by atoms with E-state index >= 15 is 0 Å². The van der Waals surface area contributed by atoms with Gasteiger partial charge in [-0.2, -0.15) is 0 Å². The number of ether oxygens (including phenoxy) is 2. The fraction of sp³-hybridized carbons (Fsp3) is 0.667. The van der Waals surface area contributed by atoms with Crippen LogP contribution in [-0.2, 0) is 9.47 Å². The van der Waals surface area contributed by atoms with Crippen LogP contribution in [0.3, 0.4) is 0 Å². The summed E-state index contributed by atoms with van der Waals surface area (Å²) in [7, 11) is 0. The Morgan fingerprint density at radius 1 is 1.33 bits per heavy atom. The zero-order valence-corrected chi connectivity index (χ0v) is 5.69. The smallest absolute Gasteiger partial charge is 0.308 e. The molecule has 0 aromatic rings. The Kier molecular flexibility index (Phi) is 4.97. The average Bonchev–Trinajstić information content (AvgIpc) is 1.88. The summed E-state index contributed by atoms with van der Waals surface area (Å²) in [5.41, 5.74) is 0. The molecule has 0 heterocycles. The van der Waals surface area contributed by atoms with E-state index in [1.54, 1.807) is 13.8 Å². The van der Waals surface area contributed by atoms with Gasteiger partial charge in [-0.3, -0.25) is 0 Å². The lowest BCUT2D eigenvalue weighted by molar-refractivity contribution is 0.0416. The third-order valence-corrected chi connectivity index (χ3v) is 0.662. The highest BCUT2D eigenvalue weighted by Crippen LogP contribution is 1.98. The molecule has 0 amide bonds. The lowest BCUT2D eigenvalue weighted by atomic mass is 10.8. The minimum absolute atomic E-state index is 0.0417. The summed E-state index contributed by atoms with van der Waals surface area (Å²) in [5, 5.41) is 0. The van der Waals surface area contributed by atoms with Crippen LogP contribution in [0.2, 0.25) is 0 Å². The van der Waals surface area contributed by atoms with Gasteiger partial charge < -0.3 is 9.47 Å². The second kappa shape index (κ2) is 5.41. The van der Waals surface area contributed by atoms with Gasteiger partial charge in [-0.25, -0.2) is 4.39 Å². The number of rotatable bonds is 4. The Bertz CT molecular complexity index is 83.1. The molecular weight excluding hydrogens is 123 g/mol. The molecule has 0 aliphatic carbocycles. The highest BCUT2D eigenvalue weighted by Gasteiger charge is 1.93. The molecule has 3 heteroatoms. The summed E-state index contributed by atoms with van der Waals surface area (Å²) in [4.78, 5) is 0. The minimum Gasteiger partial charge on any atom is -0.464 e. The van der Waals surface area contributed by atoms with E-state index in [1.165, 1.54) is 0 Å². The van der Waals surface area contributed by atoms with Crippen molar-refractivity contribution < 1.29 is 13.9 Å². The number of halogens is 1. The van der Waals surface area contributed by atoms with Crippen LogP contribution in [-0.4, -0.2) is 13.2 Å². The van der Waals surface area contributed by atoms with Gasteiger partial charge in [0.05, 0.1) is 13.2 Å². The van der Waals surface area contributed by atoms with Crippen molar-refractivity contribution in [2.75, 3.05) is 13.2 Å². The summed E-state index contributed by atoms with van der Waals surface area (Å²) in [5.74, 6) is -0.0417. The van der Waals surface area contributed by atoms with Crippen molar-refractivity contribution in [3.05, 3.63) is 12.3 Å². The Morgan fingerprint density at radius 2 is 1.78 bits per heavy atom. The van der Waals surface area contributed by atoms with Gasteiger partial charge in [0, 0.05) is 0 Å². The maximum absolute atomic E-state index is 11.6. The molecule has 0 aromatic heterocycles. The van der Waals surface area contributed by atoms with Gasteiger partial charge in [0.2, 0.25) is 0 Å².